The molecule has 110 valence electrons. The number of rotatable bonds is 3. The summed E-state index contributed by atoms with van der Waals surface area (Å²) in [5.41, 5.74) is -0.316. The molecule has 0 unspecified atom stereocenters. The van der Waals surface area contributed by atoms with Crippen LogP contribution in [-0.4, -0.2) is 36.3 Å². The molecule has 0 aromatic carbocycles. The Balaban J connectivity index is 2.47. The van der Waals surface area contributed by atoms with E-state index in [2.05, 4.69) is 5.32 Å². The molecule has 0 aromatic rings. The zero-order valence-corrected chi connectivity index (χ0v) is 13.0. The van der Waals surface area contributed by atoms with Crippen LogP contribution in [0, 0.1) is 17.3 Å². The maximum absolute atomic E-state index is 12.3. The van der Waals surface area contributed by atoms with Gasteiger partial charge in [0, 0.05) is 31.0 Å². The molecule has 4 nitrogen and oxygen atoms in total. The van der Waals surface area contributed by atoms with Crippen LogP contribution in [0.25, 0.3) is 0 Å². The molecule has 0 saturated carbocycles. The van der Waals surface area contributed by atoms with Crippen LogP contribution in [-0.2, 0) is 9.59 Å². The van der Waals surface area contributed by atoms with Crippen molar-refractivity contribution in [1.82, 2.24) is 10.2 Å². The zero-order valence-electron chi connectivity index (χ0n) is 13.0. The van der Waals surface area contributed by atoms with E-state index in [4.69, 9.17) is 0 Å². The van der Waals surface area contributed by atoms with Gasteiger partial charge >= 0.3 is 0 Å². The molecule has 1 rings (SSSR count). The fourth-order valence-electron chi connectivity index (χ4n) is 2.34. The lowest BCUT2D eigenvalue weighted by Crippen LogP contribution is -2.47. The van der Waals surface area contributed by atoms with Gasteiger partial charge in [-0.2, -0.15) is 0 Å². The Kier molecular flexibility index (Phi) is 5.39. The molecule has 1 atom stereocenters. The molecule has 0 aliphatic carbocycles. The molecule has 19 heavy (non-hydrogen) atoms. The van der Waals surface area contributed by atoms with Gasteiger partial charge in [-0.05, 0) is 18.8 Å². The number of nitrogens with one attached hydrogen (secondary N) is 1. The molecule has 4 heteroatoms. The van der Waals surface area contributed by atoms with Crippen molar-refractivity contribution in [1.29, 1.82) is 0 Å². The number of likely N-dealkylation sites (tertiary alicyclic amines) is 1. The summed E-state index contributed by atoms with van der Waals surface area (Å²) in [7, 11) is 0. The van der Waals surface area contributed by atoms with Crippen LogP contribution >= 0.6 is 0 Å². The number of carbonyl (C=O) groups excluding carboxylic acids is 2. The van der Waals surface area contributed by atoms with Gasteiger partial charge < -0.3 is 10.2 Å². The largest absolute Gasteiger partial charge is 0.356 e. The van der Waals surface area contributed by atoms with Crippen LogP contribution < -0.4 is 5.32 Å². The van der Waals surface area contributed by atoms with Gasteiger partial charge in [0.05, 0.1) is 0 Å². The van der Waals surface area contributed by atoms with Crippen LogP contribution in [0.15, 0.2) is 0 Å². The van der Waals surface area contributed by atoms with Crippen molar-refractivity contribution < 1.29 is 9.59 Å². The normalized spacial score (nSPS) is 20.5. The van der Waals surface area contributed by atoms with Crippen LogP contribution in [0.4, 0.5) is 0 Å². The smallest absolute Gasteiger partial charge is 0.227 e. The van der Waals surface area contributed by atoms with Gasteiger partial charge in [-0.3, -0.25) is 9.59 Å². The lowest BCUT2D eigenvalue weighted by molar-refractivity contribution is -0.141. The first-order valence-corrected chi connectivity index (χ1v) is 7.29. The molecule has 0 radical (unpaired) electrons. The average Bonchev–Trinajstić information content (AvgIpc) is 2.34. The van der Waals surface area contributed by atoms with Crippen LogP contribution in [0.2, 0.25) is 0 Å². The minimum atomic E-state index is -0.316. The Labute approximate surface area is 116 Å². The summed E-state index contributed by atoms with van der Waals surface area (Å²) in [6, 6.07) is 0. The highest BCUT2D eigenvalue weighted by molar-refractivity contribution is 5.81. The lowest BCUT2D eigenvalue weighted by Gasteiger charge is -2.36. The summed E-state index contributed by atoms with van der Waals surface area (Å²) in [6.45, 7) is 12.0. The first-order chi connectivity index (χ1) is 8.71. The molecule has 1 heterocycles. The first-order valence-electron chi connectivity index (χ1n) is 7.29. The molecule has 1 aliphatic heterocycles. The second kappa shape index (κ2) is 6.40. The van der Waals surface area contributed by atoms with Crippen molar-refractivity contribution in [2.24, 2.45) is 17.3 Å². The summed E-state index contributed by atoms with van der Waals surface area (Å²) in [6.07, 6.45) is 2.12. The van der Waals surface area contributed by atoms with Crippen molar-refractivity contribution in [2.75, 3.05) is 19.6 Å². The SMILES string of the molecule is CC(C)C(=O)NC[C@H]1CCCN(C(=O)C(C)(C)C)C1. The molecule has 0 spiro atoms. The molecular formula is C15H28N2O2. The molecule has 0 aromatic heterocycles. The molecule has 0 bridgehead atoms. The summed E-state index contributed by atoms with van der Waals surface area (Å²) in [5, 5.41) is 2.97. The van der Waals surface area contributed by atoms with Crippen molar-refractivity contribution in [3.63, 3.8) is 0 Å². The standard InChI is InChI=1S/C15H28N2O2/c1-11(2)13(18)16-9-12-7-6-8-17(10-12)14(19)15(3,4)5/h11-12H,6-10H2,1-5H3,(H,16,18)/t12-/m1/s1. The second-order valence-electron chi connectivity index (χ2n) is 6.91. The van der Waals surface area contributed by atoms with Gasteiger partial charge in [0.2, 0.25) is 11.8 Å². The highest BCUT2D eigenvalue weighted by Gasteiger charge is 2.31. The summed E-state index contributed by atoms with van der Waals surface area (Å²) >= 11 is 0. The van der Waals surface area contributed by atoms with E-state index in [0.29, 0.717) is 12.5 Å². The van der Waals surface area contributed by atoms with Gasteiger partial charge in [0.15, 0.2) is 0 Å². The van der Waals surface area contributed by atoms with Gasteiger partial charge in [-0.25, -0.2) is 0 Å². The van der Waals surface area contributed by atoms with E-state index < -0.39 is 0 Å². The first kappa shape index (κ1) is 16.0. The number of carbonyl (C=O) groups is 2. The fourth-order valence-corrected chi connectivity index (χ4v) is 2.34. The van der Waals surface area contributed by atoms with Gasteiger partial charge in [0.25, 0.3) is 0 Å². The molecule has 1 N–H and O–H groups in total. The summed E-state index contributed by atoms with van der Waals surface area (Å²) in [5.74, 6) is 0.727. The highest BCUT2D eigenvalue weighted by Crippen LogP contribution is 2.23. The zero-order chi connectivity index (χ0) is 14.6. The lowest BCUT2D eigenvalue weighted by atomic mass is 9.91. The summed E-state index contributed by atoms with van der Waals surface area (Å²) in [4.78, 5) is 25.8. The maximum atomic E-state index is 12.3. The molecule has 1 saturated heterocycles. The molecule has 2 amide bonds. The predicted octanol–water partition coefficient (Wildman–Crippen LogP) is 2.04. The number of hydrogen-bond donors (Lipinski definition) is 1. The maximum Gasteiger partial charge on any atom is 0.227 e. The third-order valence-electron chi connectivity index (χ3n) is 3.54. The molecule has 1 fully saturated rings. The van der Waals surface area contributed by atoms with Crippen LogP contribution in [0.3, 0.4) is 0 Å². The van der Waals surface area contributed by atoms with E-state index in [9.17, 15) is 9.59 Å². The van der Waals surface area contributed by atoms with Gasteiger partial charge in [-0.15, -0.1) is 0 Å². The van der Waals surface area contributed by atoms with E-state index in [1.165, 1.54) is 0 Å². The highest BCUT2D eigenvalue weighted by atomic mass is 16.2. The number of amides is 2. The van der Waals surface area contributed by atoms with E-state index >= 15 is 0 Å². The van der Waals surface area contributed by atoms with Gasteiger partial charge in [0.1, 0.15) is 0 Å². The van der Waals surface area contributed by atoms with Crippen molar-refractivity contribution in [3.8, 4) is 0 Å². The summed E-state index contributed by atoms with van der Waals surface area (Å²) < 4.78 is 0. The fraction of sp³-hybridized carbons (Fsp3) is 0.867. The Morgan fingerprint density at radius 2 is 1.95 bits per heavy atom. The third-order valence-corrected chi connectivity index (χ3v) is 3.54. The van der Waals surface area contributed by atoms with Crippen molar-refractivity contribution in [3.05, 3.63) is 0 Å². The van der Waals surface area contributed by atoms with E-state index in [0.717, 1.165) is 25.9 Å². The van der Waals surface area contributed by atoms with E-state index in [-0.39, 0.29) is 23.1 Å². The van der Waals surface area contributed by atoms with Crippen molar-refractivity contribution in [2.45, 2.75) is 47.5 Å². The third kappa shape index (κ3) is 4.84. The minimum absolute atomic E-state index is 0.0240. The monoisotopic (exact) mass is 268 g/mol. The second-order valence-corrected chi connectivity index (χ2v) is 6.91. The quantitative estimate of drug-likeness (QED) is 0.851. The van der Waals surface area contributed by atoms with Crippen LogP contribution in [0.1, 0.15) is 47.5 Å². The molecular weight excluding hydrogens is 240 g/mol. The van der Waals surface area contributed by atoms with E-state index in [1.807, 2.05) is 39.5 Å². The van der Waals surface area contributed by atoms with E-state index in [1.54, 1.807) is 0 Å². The Bertz CT molecular complexity index is 332. The Morgan fingerprint density at radius 3 is 2.47 bits per heavy atom. The minimum Gasteiger partial charge on any atom is -0.356 e. The number of nitrogens with zero attached hydrogens (tertiary/aromatic N) is 1. The number of piperidine rings is 1. The Morgan fingerprint density at radius 1 is 1.32 bits per heavy atom. The number of hydrogen-bond acceptors (Lipinski definition) is 2. The van der Waals surface area contributed by atoms with Gasteiger partial charge in [-0.1, -0.05) is 34.6 Å². The molecule has 1 aliphatic rings. The predicted molar refractivity (Wildman–Crippen MR) is 76.6 cm³/mol. The van der Waals surface area contributed by atoms with Crippen molar-refractivity contribution >= 4 is 11.8 Å². The topological polar surface area (TPSA) is 49.4 Å². The Hall–Kier alpha value is -1.06. The van der Waals surface area contributed by atoms with Crippen LogP contribution in [0.5, 0.6) is 0 Å². The average molecular weight is 268 g/mol.